The van der Waals surface area contributed by atoms with Crippen LogP contribution in [0.15, 0.2) is 22.7 Å². The maximum atomic E-state index is 5.94. The van der Waals surface area contributed by atoms with Crippen LogP contribution in [0.25, 0.3) is 10.9 Å². The Hall–Kier alpha value is -0.800. The topological polar surface area (TPSA) is 41.8 Å². The third kappa shape index (κ3) is 2.26. The highest BCUT2D eigenvalue weighted by molar-refractivity contribution is 9.10. The van der Waals surface area contributed by atoms with Gasteiger partial charge in [-0.25, -0.2) is 0 Å². The molecule has 0 aliphatic heterocycles. The van der Waals surface area contributed by atoms with Gasteiger partial charge >= 0.3 is 0 Å². The van der Waals surface area contributed by atoms with Gasteiger partial charge in [-0.15, -0.1) is 0 Å². The molecule has 92 valence electrons. The van der Waals surface area contributed by atoms with Crippen LogP contribution in [-0.4, -0.2) is 11.5 Å². The zero-order valence-electron chi connectivity index (χ0n) is 10.5. The Morgan fingerprint density at radius 1 is 1.35 bits per heavy atom. The van der Waals surface area contributed by atoms with Crippen molar-refractivity contribution in [3.8, 4) is 0 Å². The average molecular weight is 295 g/mol. The van der Waals surface area contributed by atoms with Gasteiger partial charge in [0.05, 0.1) is 0 Å². The fourth-order valence-corrected chi connectivity index (χ4v) is 2.88. The van der Waals surface area contributed by atoms with Crippen molar-refractivity contribution < 1.29 is 0 Å². The predicted octanol–water partition coefficient (Wildman–Crippen LogP) is 3.94. The molecule has 0 spiro atoms. The van der Waals surface area contributed by atoms with Crippen molar-refractivity contribution in [3.05, 3.63) is 33.9 Å². The minimum Gasteiger partial charge on any atom is -0.358 e. The summed E-state index contributed by atoms with van der Waals surface area (Å²) >= 11 is 3.54. The van der Waals surface area contributed by atoms with E-state index < -0.39 is 0 Å². The van der Waals surface area contributed by atoms with E-state index >= 15 is 0 Å². The summed E-state index contributed by atoms with van der Waals surface area (Å²) in [5.74, 6) is 0.967. The molecule has 0 fully saturated rings. The largest absolute Gasteiger partial charge is 0.358 e. The van der Waals surface area contributed by atoms with Crippen molar-refractivity contribution in [2.24, 2.45) is 11.7 Å². The number of nitrogens with two attached hydrogens (primary N) is 1. The number of fused-ring (bicyclic) bond motifs is 1. The summed E-state index contributed by atoms with van der Waals surface area (Å²) in [7, 11) is 0. The molecule has 17 heavy (non-hydrogen) atoms. The zero-order chi connectivity index (χ0) is 12.6. The first kappa shape index (κ1) is 12.7. The lowest BCUT2D eigenvalue weighted by molar-refractivity contribution is 0.507. The summed E-state index contributed by atoms with van der Waals surface area (Å²) in [4.78, 5) is 3.45. The highest BCUT2D eigenvalue weighted by Gasteiger charge is 2.20. The Balaban J connectivity index is 2.66. The summed E-state index contributed by atoms with van der Waals surface area (Å²) in [6.07, 6.45) is 0. The predicted molar refractivity (Wildman–Crippen MR) is 77.4 cm³/mol. The van der Waals surface area contributed by atoms with E-state index in [0.29, 0.717) is 18.4 Å². The first-order chi connectivity index (χ1) is 8.04. The van der Waals surface area contributed by atoms with Crippen LogP contribution in [-0.2, 0) is 0 Å². The Morgan fingerprint density at radius 3 is 2.65 bits per heavy atom. The van der Waals surface area contributed by atoms with Crippen LogP contribution in [0.4, 0.5) is 0 Å². The van der Waals surface area contributed by atoms with Gasteiger partial charge in [0.1, 0.15) is 0 Å². The molecule has 1 unspecified atom stereocenters. The van der Waals surface area contributed by atoms with Gasteiger partial charge in [0, 0.05) is 27.0 Å². The number of aryl methyl sites for hydroxylation is 1. The number of hydrogen-bond donors (Lipinski definition) is 2. The van der Waals surface area contributed by atoms with E-state index in [1.165, 1.54) is 22.2 Å². The normalized spacial score (nSPS) is 13.5. The van der Waals surface area contributed by atoms with Crippen LogP contribution in [0.2, 0.25) is 0 Å². The monoisotopic (exact) mass is 294 g/mol. The van der Waals surface area contributed by atoms with E-state index in [1.807, 2.05) is 0 Å². The van der Waals surface area contributed by atoms with Crippen molar-refractivity contribution >= 4 is 26.8 Å². The van der Waals surface area contributed by atoms with Crippen LogP contribution in [0.5, 0.6) is 0 Å². The average Bonchev–Trinajstić information content (AvgIpc) is 2.56. The summed E-state index contributed by atoms with van der Waals surface area (Å²) in [6.45, 7) is 7.29. The Bertz CT molecular complexity index is 528. The number of aromatic amines is 1. The van der Waals surface area contributed by atoms with E-state index in [1.54, 1.807) is 0 Å². The minimum absolute atomic E-state index is 0.415. The molecule has 0 aliphatic carbocycles. The lowest BCUT2D eigenvalue weighted by atomic mass is 9.87. The van der Waals surface area contributed by atoms with Crippen molar-refractivity contribution in [2.75, 3.05) is 6.54 Å². The van der Waals surface area contributed by atoms with Gasteiger partial charge in [0.15, 0.2) is 0 Å². The van der Waals surface area contributed by atoms with E-state index in [2.05, 4.69) is 59.9 Å². The van der Waals surface area contributed by atoms with Crippen molar-refractivity contribution in [3.63, 3.8) is 0 Å². The molecule has 0 amide bonds. The molecule has 1 atom stereocenters. The molecule has 0 saturated carbocycles. The minimum atomic E-state index is 0.415. The van der Waals surface area contributed by atoms with Gasteiger partial charge in [0.2, 0.25) is 0 Å². The second-order valence-corrected chi connectivity index (χ2v) is 5.86. The van der Waals surface area contributed by atoms with E-state index in [4.69, 9.17) is 5.73 Å². The summed E-state index contributed by atoms with van der Waals surface area (Å²) < 4.78 is 1.12. The molecule has 2 rings (SSSR count). The summed E-state index contributed by atoms with van der Waals surface area (Å²) in [5.41, 5.74) is 9.74. The number of benzene rings is 1. The van der Waals surface area contributed by atoms with Crippen LogP contribution in [0.3, 0.4) is 0 Å². The molecule has 3 N–H and O–H groups in total. The molecule has 0 bridgehead atoms. The van der Waals surface area contributed by atoms with E-state index in [0.717, 1.165) is 4.47 Å². The highest BCUT2D eigenvalue weighted by Crippen LogP contribution is 2.34. The fourth-order valence-electron chi connectivity index (χ4n) is 2.52. The van der Waals surface area contributed by atoms with Gasteiger partial charge < -0.3 is 10.7 Å². The maximum absolute atomic E-state index is 5.94. The molecular formula is C14H19BrN2. The van der Waals surface area contributed by atoms with E-state index in [-0.39, 0.29) is 0 Å². The molecule has 1 aromatic carbocycles. The Labute approximate surface area is 111 Å². The number of H-pyrrole nitrogens is 1. The lowest BCUT2D eigenvalue weighted by Crippen LogP contribution is -2.18. The van der Waals surface area contributed by atoms with E-state index in [9.17, 15) is 0 Å². The molecule has 0 aliphatic rings. The van der Waals surface area contributed by atoms with Crippen LogP contribution >= 0.6 is 15.9 Å². The van der Waals surface area contributed by atoms with Crippen LogP contribution in [0, 0.1) is 12.8 Å². The van der Waals surface area contributed by atoms with Crippen molar-refractivity contribution in [1.29, 1.82) is 0 Å². The number of aromatic nitrogens is 1. The Morgan fingerprint density at radius 2 is 2.06 bits per heavy atom. The second kappa shape index (κ2) is 4.83. The van der Waals surface area contributed by atoms with Gasteiger partial charge in [-0.1, -0.05) is 29.8 Å². The molecule has 2 nitrogen and oxygen atoms in total. The molecule has 0 radical (unpaired) electrons. The SMILES string of the molecule is Cc1[nH]c2ccc(Br)cc2c1C(CN)C(C)C. The van der Waals surface area contributed by atoms with Crippen molar-refractivity contribution in [2.45, 2.75) is 26.7 Å². The van der Waals surface area contributed by atoms with Crippen LogP contribution in [0.1, 0.15) is 31.0 Å². The van der Waals surface area contributed by atoms with Gasteiger partial charge in [-0.2, -0.15) is 0 Å². The molecule has 1 heterocycles. The number of nitrogens with one attached hydrogen (secondary N) is 1. The molecule has 3 heteroatoms. The smallest absolute Gasteiger partial charge is 0.0459 e. The zero-order valence-corrected chi connectivity index (χ0v) is 12.1. The lowest BCUT2D eigenvalue weighted by Gasteiger charge is -2.19. The molecule has 0 saturated heterocycles. The Kier molecular flexibility index (Phi) is 3.59. The fraction of sp³-hybridized carbons (Fsp3) is 0.429. The standard InChI is InChI=1S/C14H19BrN2/c1-8(2)12(7-16)14-9(3)17-13-5-4-10(15)6-11(13)14/h4-6,8,12,17H,7,16H2,1-3H3. The van der Waals surface area contributed by atoms with Crippen LogP contribution < -0.4 is 5.73 Å². The number of rotatable bonds is 3. The number of halogens is 1. The first-order valence-corrected chi connectivity index (χ1v) is 6.81. The summed E-state index contributed by atoms with van der Waals surface area (Å²) in [5, 5.41) is 1.29. The van der Waals surface area contributed by atoms with Gasteiger partial charge in [0.25, 0.3) is 0 Å². The first-order valence-electron chi connectivity index (χ1n) is 6.02. The molecule has 2 aromatic rings. The molecule has 1 aromatic heterocycles. The van der Waals surface area contributed by atoms with Gasteiger partial charge in [-0.05, 0) is 43.1 Å². The third-order valence-electron chi connectivity index (χ3n) is 3.43. The quantitative estimate of drug-likeness (QED) is 0.885. The molecular weight excluding hydrogens is 276 g/mol. The maximum Gasteiger partial charge on any atom is 0.0459 e. The summed E-state index contributed by atoms with van der Waals surface area (Å²) in [6, 6.07) is 6.36. The number of hydrogen-bond acceptors (Lipinski definition) is 1. The highest BCUT2D eigenvalue weighted by atomic mass is 79.9. The third-order valence-corrected chi connectivity index (χ3v) is 3.92. The second-order valence-electron chi connectivity index (χ2n) is 4.94. The van der Waals surface area contributed by atoms with Gasteiger partial charge in [-0.3, -0.25) is 0 Å². The van der Waals surface area contributed by atoms with Crippen molar-refractivity contribution in [1.82, 2.24) is 4.98 Å².